The third-order valence-electron chi connectivity index (χ3n) is 4.90. The van der Waals surface area contributed by atoms with Gasteiger partial charge in [-0.3, -0.25) is 0 Å². The van der Waals surface area contributed by atoms with Crippen molar-refractivity contribution in [2.45, 2.75) is 19.3 Å². The zero-order valence-corrected chi connectivity index (χ0v) is 16.4. The van der Waals surface area contributed by atoms with E-state index in [2.05, 4.69) is 11.1 Å². The Balaban J connectivity index is 1.48. The number of hydrazine groups is 1. The fourth-order valence-electron chi connectivity index (χ4n) is 3.52. The number of nitrogens with zero attached hydrogens (tertiary/aromatic N) is 3. The van der Waals surface area contributed by atoms with E-state index in [1.807, 2.05) is 64.3 Å². The van der Waals surface area contributed by atoms with Gasteiger partial charge in [0.1, 0.15) is 11.5 Å². The first-order valence-corrected chi connectivity index (χ1v) is 9.96. The Morgan fingerprint density at radius 1 is 1.00 bits per heavy atom. The Kier molecular flexibility index (Phi) is 6.12. The molecule has 6 heteroatoms. The van der Waals surface area contributed by atoms with Gasteiger partial charge in [-0.15, -0.1) is 0 Å². The fourth-order valence-corrected chi connectivity index (χ4v) is 3.52. The number of rotatable bonds is 8. The zero-order chi connectivity index (χ0) is 19.9. The molecule has 1 aliphatic rings. The number of aromatic nitrogens is 2. The van der Waals surface area contributed by atoms with E-state index >= 15 is 0 Å². The highest BCUT2D eigenvalue weighted by Crippen LogP contribution is 2.34. The van der Waals surface area contributed by atoms with Gasteiger partial charge in [0.05, 0.1) is 30.9 Å². The second-order valence-corrected chi connectivity index (χ2v) is 6.92. The van der Waals surface area contributed by atoms with Crippen LogP contribution in [0.5, 0.6) is 11.5 Å². The molecule has 1 aliphatic heterocycles. The summed E-state index contributed by atoms with van der Waals surface area (Å²) < 4.78 is 13.9. The minimum atomic E-state index is 0.572. The smallest absolute Gasteiger partial charge is 0.128 e. The standard InChI is InChI=1S/C23H26N4O2/c24-27-14-6-11-21(27)23(26-15-13-25-18-26)20-10-4-5-12-22(20)29-17-7-16-28-19-8-2-1-3-9-19/h1-5,8-10,12-13,15,18H,6-7,11,14,16-17,24H2. The summed E-state index contributed by atoms with van der Waals surface area (Å²) in [7, 11) is 0. The lowest BCUT2D eigenvalue weighted by Gasteiger charge is -2.21. The van der Waals surface area contributed by atoms with E-state index in [4.69, 9.17) is 15.3 Å². The van der Waals surface area contributed by atoms with E-state index in [1.54, 1.807) is 12.5 Å². The second-order valence-electron chi connectivity index (χ2n) is 6.92. The first-order valence-electron chi connectivity index (χ1n) is 9.96. The van der Waals surface area contributed by atoms with Gasteiger partial charge in [-0.25, -0.2) is 10.8 Å². The van der Waals surface area contributed by atoms with Gasteiger partial charge >= 0.3 is 0 Å². The lowest BCUT2D eigenvalue weighted by molar-refractivity contribution is 0.247. The van der Waals surface area contributed by atoms with Crippen molar-refractivity contribution in [1.82, 2.24) is 14.6 Å². The van der Waals surface area contributed by atoms with Gasteiger partial charge in [0, 0.05) is 30.9 Å². The highest BCUT2D eigenvalue weighted by Gasteiger charge is 2.22. The van der Waals surface area contributed by atoms with Gasteiger partial charge in [0.2, 0.25) is 0 Å². The van der Waals surface area contributed by atoms with Crippen LogP contribution in [0.15, 0.2) is 79.0 Å². The summed E-state index contributed by atoms with van der Waals surface area (Å²) in [5.74, 6) is 7.97. The van der Waals surface area contributed by atoms with Crippen LogP contribution >= 0.6 is 0 Å². The van der Waals surface area contributed by atoms with Crippen LogP contribution in [-0.4, -0.2) is 34.3 Å². The van der Waals surface area contributed by atoms with Crippen LogP contribution in [0.3, 0.4) is 0 Å². The summed E-state index contributed by atoms with van der Waals surface area (Å²) in [5, 5.41) is 1.83. The second kappa shape index (κ2) is 9.30. The van der Waals surface area contributed by atoms with Gasteiger partial charge in [0.25, 0.3) is 0 Å². The Morgan fingerprint density at radius 3 is 2.55 bits per heavy atom. The van der Waals surface area contributed by atoms with Crippen molar-refractivity contribution in [2.75, 3.05) is 19.8 Å². The van der Waals surface area contributed by atoms with Crippen LogP contribution in [0.25, 0.3) is 5.70 Å². The molecule has 0 amide bonds. The Bertz CT molecular complexity index is 939. The Morgan fingerprint density at radius 2 is 1.79 bits per heavy atom. The molecule has 150 valence electrons. The molecule has 0 unspecified atom stereocenters. The predicted molar refractivity (Wildman–Crippen MR) is 113 cm³/mol. The molecule has 2 aromatic carbocycles. The number of para-hydroxylation sites is 2. The molecule has 0 atom stereocenters. The quantitative estimate of drug-likeness (QED) is 0.467. The van der Waals surface area contributed by atoms with E-state index in [-0.39, 0.29) is 0 Å². The Labute approximate surface area is 171 Å². The largest absolute Gasteiger partial charge is 0.493 e. The normalized spacial score (nSPS) is 15.4. The van der Waals surface area contributed by atoms with E-state index < -0.39 is 0 Å². The highest BCUT2D eigenvalue weighted by molar-refractivity contribution is 5.73. The van der Waals surface area contributed by atoms with Crippen molar-refractivity contribution >= 4 is 5.70 Å². The van der Waals surface area contributed by atoms with Crippen LogP contribution in [-0.2, 0) is 0 Å². The molecule has 0 spiro atoms. The van der Waals surface area contributed by atoms with Gasteiger partial charge in [-0.1, -0.05) is 30.3 Å². The first kappa shape index (κ1) is 19.1. The van der Waals surface area contributed by atoms with E-state index in [0.29, 0.717) is 13.2 Å². The number of benzene rings is 2. The van der Waals surface area contributed by atoms with Crippen LogP contribution in [0.1, 0.15) is 24.8 Å². The zero-order valence-electron chi connectivity index (χ0n) is 16.4. The SMILES string of the molecule is NN1CCCC1=C(c1ccccc1OCCCOc1ccccc1)n1ccnc1. The lowest BCUT2D eigenvalue weighted by atomic mass is 10.1. The van der Waals surface area contributed by atoms with Crippen molar-refractivity contribution in [3.8, 4) is 11.5 Å². The number of allylic oxidation sites excluding steroid dienone is 1. The number of ether oxygens (including phenoxy) is 2. The van der Waals surface area contributed by atoms with Gasteiger partial charge in [0.15, 0.2) is 0 Å². The summed E-state index contributed by atoms with van der Waals surface area (Å²) in [6, 6.07) is 17.9. The van der Waals surface area contributed by atoms with Gasteiger partial charge < -0.3 is 19.0 Å². The molecular formula is C23H26N4O2. The van der Waals surface area contributed by atoms with E-state index in [9.17, 15) is 0 Å². The Hall–Kier alpha value is -3.25. The van der Waals surface area contributed by atoms with Crippen LogP contribution in [0, 0.1) is 0 Å². The molecule has 6 nitrogen and oxygen atoms in total. The number of nitrogens with two attached hydrogens (primary N) is 1. The molecule has 2 N–H and O–H groups in total. The number of imidazole rings is 1. The van der Waals surface area contributed by atoms with Crippen molar-refractivity contribution < 1.29 is 9.47 Å². The molecule has 4 rings (SSSR count). The monoisotopic (exact) mass is 390 g/mol. The molecule has 0 aliphatic carbocycles. The van der Waals surface area contributed by atoms with Crippen molar-refractivity contribution in [1.29, 1.82) is 0 Å². The fraction of sp³-hybridized carbons (Fsp3) is 0.261. The third-order valence-corrected chi connectivity index (χ3v) is 4.90. The molecule has 0 saturated carbocycles. The molecule has 29 heavy (non-hydrogen) atoms. The summed E-state index contributed by atoms with van der Waals surface area (Å²) in [6.07, 6.45) is 8.30. The molecule has 1 aromatic heterocycles. The third kappa shape index (κ3) is 4.60. The summed E-state index contributed by atoms with van der Waals surface area (Å²) >= 11 is 0. The van der Waals surface area contributed by atoms with Crippen LogP contribution in [0.4, 0.5) is 0 Å². The van der Waals surface area contributed by atoms with Crippen LogP contribution in [0.2, 0.25) is 0 Å². The minimum absolute atomic E-state index is 0.572. The summed E-state index contributed by atoms with van der Waals surface area (Å²) in [4.78, 5) is 4.22. The van der Waals surface area contributed by atoms with E-state index in [1.165, 1.54) is 0 Å². The average molecular weight is 390 g/mol. The molecule has 0 radical (unpaired) electrons. The molecule has 1 fully saturated rings. The minimum Gasteiger partial charge on any atom is -0.493 e. The maximum Gasteiger partial charge on any atom is 0.128 e. The maximum absolute atomic E-state index is 6.25. The highest BCUT2D eigenvalue weighted by atomic mass is 16.5. The van der Waals surface area contributed by atoms with Crippen molar-refractivity contribution in [3.05, 3.63) is 84.6 Å². The predicted octanol–water partition coefficient (Wildman–Crippen LogP) is 3.92. The molecular weight excluding hydrogens is 364 g/mol. The lowest BCUT2D eigenvalue weighted by Crippen LogP contribution is -2.27. The van der Waals surface area contributed by atoms with E-state index in [0.717, 1.165) is 54.3 Å². The first-order chi connectivity index (χ1) is 14.3. The average Bonchev–Trinajstić information content (AvgIpc) is 3.43. The molecule has 0 bridgehead atoms. The van der Waals surface area contributed by atoms with Crippen molar-refractivity contribution in [3.63, 3.8) is 0 Å². The topological polar surface area (TPSA) is 65.5 Å². The molecule has 3 aromatic rings. The molecule has 2 heterocycles. The van der Waals surface area contributed by atoms with Gasteiger partial charge in [-0.05, 0) is 37.1 Å². The summed E-state index contributed by atoms with van der Waals surface area (Å²) in [6.45, 7) is 2.04. The molecule has 1 saturated heterocycles. The number of hydrogen-bond acceptors (Lipinski definition) is 5. The van der Waals surface area contributed by atoms with Gasteiger partial charge in [-0.2, -0.15) is 0 Å². The van der Waals surface area contributed by atoms with Crippen LogP contribution < -0.4 is 15.3 Å². The number of hydrogen-bond donors (Lipinski definition) is 1. The maximum atomic E-state index is 6.25. The summed E-state index contributed by atoms with van der Waals surface area (Å²) in [5.41, 5.74) is 3.15. The van der Waals surface area contributed by atoms with Crippen molar-refractivity contribution in [2.24, 2.45) is 5.84 Å².